The monoisotopic (exact) mass is 242 g/mol. The number of aromatic nitrogens is 3. The summed E-state index contributed by atoms with van der Waals surface area (Å²) in [5, 5.41) is 9.10. The average molecular weight is 242 g/mol. The van der Waals surface area contributed by atoms with Crippen LogP contribution in [0.5, 0.6) is 0 Å². The Morgan fingerprint density at radius 3 is 3.00 bits per heavy atom. The number of carbonyl (C=O) groups excluding carboxylic acids is 1. The fraction of sp³-hybridized carbons (Fsp3) is 0.0833. The number of oxazole rings is 1. The molecule has 2 aromatic heterocycles. The number of carbonyl (C=O) groups is 1. The third-order valence-corrected chi connectivity index (χ3v) is 2.45. The molecule has 1 amide bonds. The van der Waals surface area contributed by atoms with Crippen molar-refractivity contribution >= 4 is 23.0 Å². The topological polar surface area (TPSA) is 83.8 Å². The lowest BCUT2D eigenvalue weighted by Crippen LogP contribution is -2.14. The maximum absolute atomic E-state index is 11.7. The van der Waals surface area contributed by atoms with Crippen molar-refractivity contribution in [3.05, 3.63) is 42.2 Å². The largest absolute Gasteiger partial charge is 0.423 e. The van der Waals surface area contributed by atoms with E-state index in [-0.39, 0.29) is 18.3 Å². The summed E-state index contributed by atoms with van der Waals surface area (Å²) in [5.74, 6) is -0.203. The standard InChI is InChI=1S/C12H10N4O2/c17-11(7-8-5-6-13-16-8)15-12-14-9-3-1-2-4-10(9)18-12/h1-6H,7H2,(H,13,16)(H,14,15,17). The van der Waals surface area contributed by atoms with Gasteiger partial charge in [0.05, 0.1) is 6.42 Å². The first-order valence-electron chi connectivity index (χ1n) is 5.45. The van der Waals surface area contributed by atoms with E-state index in [1.807, 2.05) is 18.2 Å². The molecule has 1 aromatic carbocycles. The summed E-state index contributed by atoms with van der Waals surface area (Å²) >= 11 is 0. The van der Waals surface area contributed by atoms with Crippen molar-refractivity contribution in [1.29, 1.82) is 0 Å². The van der Waals surface area contributed by atoms with Gasteiger partial charge in [0.25, 0.3) is 0 Å². The lowest BCUT2D eigenvalue weighted by Gasteiger charge is -1.97. The quantitative estimate of drug-likeness (QED) is 0.732. The van der Waals surface area contributed by atoms with Crippen molar-refractivity contribution in [3.63, 3.8) is 0 Å². The lowest BCUT2D eigenvalue weighted by molar-refractivity contribution is -0.115. The Morgan fingerprint density at radius 1 is 1.33 bits per heavy atom. The minimum atomic E-state index is -0.203. The van der Waals surface area contributed by atoms with E-state index >= 15 is 0 Å². The van der Waals surface area contributed by atoms with Gasteiger partial charge in [-0.3, -0.25) is 15.2 Å². The second-order valence-electron chi connectivity index (χ2n) is 3.79. The maximum Gasteiger partial charge on any atom is 0.302 e. The fourth-order valence-electron chi connectivity index (χ4n) is 1.65. The van der Waals surface area contributed by atoms with Crippen LogP contribution in [-0.2, 0) is 11.2 Å². The number of rotatable bonds is 3. The van der Waals surface area contributed by atoms with Crippen LogP contribution < -0.4 is 5.32 Å². The molecule has 0 fully saturated rings. The van der Waals surface area contributed by atoms with Gasteiger partial charge in [0.15, 0.2) is 5.58 Å². The Morgan fingerprint density at radius 2 is 2.22 bits per heavy atom. The molecule has 18 heavy (non-hydrogen) atoms. The molecule has 0 radical (unpaired) electrons. The van der Waals surface area contributed by atoms with Gasteiger partial charge in [-0.25, -0.2) is 0 Å². The predicted molar refractivity (Wildman–Crippen MR) is 64.9 cm³/mol. The molecule has 3 aromatic rings. The molecule has 0 saturated heterocycles. The molecule has 0 spiro atoms. The van der Waals surface area contributed by atoms with Crippen LogP contribution >= 0.6 is 0 Å². The summed E-state index contributed by atoms with van der Waals surface area (Å²) in [6.45, 7) is 0. The zero-order valence-electron chi connectivity index (χ0n) is 9.38. The Bertz CT molecular complexity index is 639. The number of H-pyrrole nitrogens is 1. The van der Waals surface area contributed by atoms with Crippen molar-refractivity contribution in [2.24, 2.45) is 0 Å². The molecule has 0 aliphatic heterocycles. The van der Waals surface area contributed by atoms with Crippen LogP contribution in [0.25, 0.3) is 11.1 Å². The van der Waals surface area contributed by atoms with E-state index in [2.05, 4.69) is 20.5 Å². The first-order valence-corrected chi connectivity index (χ1v) is 5.45. The number of anilines is 1. The number of para-hydroxylation sites is 2. The van der Waals surface area contributed by atoms with Gasteiger partial charge >= 0.3 is 6.01 Å². The molecule has 90 valence electrons. The molecular formula is C12H10N4O2. The molecule has 0 aliphatic carbocycles. The minimum Gasteiger partial charge on any atom is -0.423 e. The van der Waals surface area contributed by atoms with Crippen LogP contribution in [0.2, 0.25) is 0 Å². The van der Waals surface area contributed by atoms with Gasteiger partial charge < -0.3 is 4.42 Å². The van der Waals surface area contributed by atoms with Gasteiger partial charge in [-0.15, -0.1) is 0 Å². The van der Waals surface area contributed by atoms with Gasteiger partial charge in [0.2, 0.25) is 5.91 Å². The number of benzene rings is 1. The summed E-state index contributed by atoms with van der Waals surface area (Å²) in [7, 11) is 0. The van der Waals surface area contributed by atoms with Crippen molar-refractivity contribution < 1.29 is 9.21 Å². The highest BCUT2D eigenvalue weighted by Gasteiger charge is 2.10. The number of hydrogen-bond donors (Lipinski definition) is 2. The van der Waals surface area contributed by atoms with E-state index < -0.39 is 0 Å². The SMILES string of the molecule is O=C(Cc1ccn[nH]1)Nc1nc2ccccc2o1. The van der Waals surface area contributed by atoms with E-state index in [0.717, 1.165) is 5.69 Å². The number of amides is 1. The van der Waals surface area contributed by atoms with Gasteiger partial charge in [-0.05, 0) is 18.2 Å². The molecule has 3 rings (SSSR count). The number of nitrogens with one attached hydrogen (secondary N) is 2. The number of aromatic amines is 1. The van der Waals surface area contributed by atoms with Crippen molar-refractivity contribution in [2.75, 3.05) is 5.32 Å². The molecule has 0 unspecified atom stereocenters. The summed E-state index contributed by atoms with van der Waals surface area (Å²) < 4.78 is 5.39. The van der Waals surface area contributed by atoms with Gasteiger partial charge in [-0.1, -0.05) is 12.1 Å². The van der Waals surface area contributed by atoms with Crippen LogP contribution in [0.15, 0.2) is 40.9 Å². The zero-order chi connectivity index (χ0) is 12.4. The summed E-state index contributed by atoms with van der Waals surface area (Å²) in [6.07, 6.45) is 1.81. The Balaban J connectivity index is 1.74. The van der Waals surface area contributed by atoms with Crippen LogP contribution in [0.1, 0.15) is 5.69 Å². The molecule has 2 N–H and O–H groups in total. The molecule has 6 nitrogen and oxygen atoms in total. The van der Waals surface area contributed by atoms with Crippen molar-refractivity contribution in [2.45, 2.75) is 6.42 Å². The summed E-state index contributed by atoms with van der Waals surface area (Å²) in [4.78, 5) is 15.9. The molecule has 2 heterocycles. The predicted octanol–water partition coefficient (Wildman–Crippen LogP) is 1.73. The van der Waals surface area contributed by atoms with Crippen molar-refractivity contribution in [3.8, 4) is 0 Å². The third-order valence-electron chi connectivity index (χ3n) is 2.45. The molecule has 0 aliphatic rings. The average Bonchev–Trinajstić information content (AvgIpc) is 2.96. The van der Waals surface area contributed by atoms with E-state index in [1.165, 1.54) is 0 Å². The normalized spacial score (nSPS) is 10.7. The van der Waals surface area contributed by atoms with Crippen molar-refractivity contribution in [1.82, 2.24) is 15.2 Å². The Labute approximate surface area is 102 Å². The number of nitrogens with zero attached hydrogens (tertiary/aromatic N) is 2. The first kappa shape index (κ1) is 10.5. The Kier molecular flexibility index (Phi) is 2.53. The second kappa shape index (κ2) is 4.33. The summed E-state index contributed by atoms with van der Waals surface area (Å²) in [6, 6.07) is 9.29. The molecule has 0 saturated carbocycles. The molecule has 0 atom stereocenters. The first-order chi connectivity index (χ1) is 8.81. The van der Waals surface area contributed by atoms with Crippen LogP contribution in [-0.4, -0.2) is 21.1 Å². The van der Waals surface area contributed by atoms with E-state index in [9.17, 15) is 4.79 Å². The highest BCUT2D eigenvalue weighted by atomic mass is 16.4. The molecule has 6 heteroatoms. The van der Waals surface area contributed by atoms with Crippen LogP contribution in [0, 0.1) is 0 Å². The Hall–Kier alpha value is -2.63. The molecular weight excluding hydrogens is 232 g/mol. The fourth-order valence-corrected chi connectivity index (χ4v) is 1.65. The highest BCUT2D eigenvalue weighted by molar-refractivity contribution is 5.91. The molecule has 0 bridgehead atoms. The van der Waals surface area contributed by atoms with Gasteiger partial charge in [0.1, 0.15) is 5.52 Å². The zero-order valence-corrected chi connectivity index (χ0v) is 9.38. The minimum absolute atomic E-state index is 0.203. The second-order valence-corrected chi connectivity index (χ2v) is 3.79. The van der Waals surface area contributed by atoms with Crippen LogP contribution in [0.4, 0.5) is 6.01 Å². The lowest BCUT2D eigenvalue weighted by atomic mass is 10.3. The van der Waals surface area contributed by atoms with Crippen LogP contribution in [0.3, 0.4) is 0 Å². The van der Waals surface area contributed by atoms with E-state index in [4.69, 9.17) is 4.42 Å². The number of fused-ring (bicyclic) bond motifs is 1. The summed E-state index contributed by atoms with van der Waals surface area (Å²) in [5.41, 5.74) is 2.10. The van der Waals surface area contributed by atoms with Gasteiger partial charge in [0, 0.05) is 11.9 Å². The van der Waals surface area contributed by atoms with E-state index in [1.54, 1.807) is 18.3 Å². The number of hydrogen-bond acceptors (Lipinski definition) is 4. The van der Waals surface area contributed by atoms with Gasteiger partial charge in [-0.2, -0.15) is 10.1 Å². The maximum atomic E-state index is 11.7. The smallest absolute Gasteiger partial charge is 0.302 e. The highest BCUT2D eigenvalue weighted by Crippen LogP contribution is 2.17. The van der Waals surface area contributed by atoms with E-state index in [0.29, 0.717) is 11.1 Å². The third kappa shape index (κ3) is 2.08.